The molecule has 3 aromatic rings. The molecule has 0 radical (unpaired) electrons. The number of halogens is 1. The third-order valence-corrected chi connectivity index (χ3v) is 6.17. The van der Waals surface area contributed by atoms with Gasteiger partial charge in [0.1, 0.15) is 29.7 Å². The van der Waals surface area contributed by atoms with Gasteiger partial charge in [-0.15, -0.1) is 0 Å². The van der Waals surface area contributed by atoms with Crippen LogP contribution in [-0.2, 0) is 4.74 Å². The number of hydrogen-bond acceptors (Lipinski definition) is 7. The van der Waals surface area contributed by atoms with E-state index in [0.717, 1.165) is 25.9 Å². The fourth-order valence-electron chi connectivity index (χ4n) is 4.02. The molecule has 1 aromatic heterocycles. The van der Waals surface area contributed by atoms with Crippen LogP contribution in [0.3, 0.4) is 0 Å². The van der Waals surface area contributed by atoms with Crippen LogP contribution in [0.2, 0.25) is 0 Å². The lowest BCUT2D eigenvalue weighted by molar-refractivity contribution is 0.0322. The molecule has 0 atom stereocenters. The first-order valence-corrected chi connectivity index (χ1v) is 12.2. The van der Waals surface area contributed by atoms with Gasteiger partial charge in [-0.05, 0) is 37.1 Å². The lowest BCUT2D eigenvalue weighted by Crippen LogP contribution is -2.38. The first-order chi connectivity index (χ1) is 18.0. The second kappa shape index (κ2) is 11.0. The summed E-state index contributed by atoms with van der Waals surface area (Å²) in [7, 11) is 0. The Kier molecular flexibility index (Phi) is 7.33. The number of pyridine rings is 1. The monoisotopic (exact) mass is 509 g/mol. The predicted molar refractivity (Wildman–Crippen MR) is 135 cm³/mol. The number of benzene rings is 2. The first-order valence-electron chi connectivity index (χ1n) is 12.2. The summed E-state index contributed by atoms with van der Waals surface area (Å²) in [5.41, 5.74) is 6.40. The second-order valence-corrected chi connectivity index (χ2v) is 8.96. The highest BCUT2D eigenvalue weighted by atomic mass is 19.1. The Bertz CT molecular complexity index is 1310. The van der Waals surface area contributed by atoms with E-state index >= 15 is 0 Å². The SMILES string of the molecule is NC(=O)c1cc2c(Oc3ccc(NC(=O)NC4CC4)c(F)c3)ccnc2cc1OCCN1CCOCC1. The Labute approximate surface area is 212 Å². The van der Waals surface area contributed by atoms with Crippen LogP contribution in [0, 0.1) is 5.82 Å². The molecule has 194 valence electrons. The molecule has 11 heteroatoms. The van der Waals surface area contributed by atoms with Gasteiger partial charge in [-0.2, -0.15) is 0 Å². The maximum Gasteiger partial charge on any atom is 0.319 e. The zero-order valence-electron chi connectivity index (χ0n) is 20.2. The standard InChI is InChI=1S/C26H28FN5O5/c27-20-13-17(3-4-21(20)31-26(34)30-16-1-2-16)37-23-5-6-29-22-15-24(19(25(28)33)14-18(22)23)36-12-9-32-7-10-35-11-8-32/h3-6,13-16H,1-2,7-12H2,(H2,28,33)(H2,30,31,34). The molecule has 3 amide bonds. The minimum absolute atomic E-state index is 0.0416. The summed E-state index contributed by atoms with van der Waals surface area (Å²) < 4.78 is 31.8. The molecular weight excluding hydrogens is 481 g/mol. The third kappa shape index (κ3) is 6.25. The van der Waals surface area contributed by atoms with E-state index in [-0.39, 0.29) is 23.0 Å². The van der Waals surface area contributed by atoms with Crippen molar-refractivity contribution in [2.45, 2.75) is 18.9 Å². The number of amides is 3. The zero-order chi connectivity index (χ0) is 25.8. The van der Waals surface area contributed by atoms with Crippen molar-refractivity contribution in [1.29, 1.82) is 0 Å². The molecule has 2 heterocycles. The number of urea groups is 1. The van der Waals surface area contributed by atoms with Gasteiger partial charge >= 0.3 is 6.03 Å². The van der Waals surface area contributed by atoms with E-state index in [1.807, 2.05) is 0 Å². The van der Waals surface area contributed by atoms with Gasteiger partial charge in [-0.3, -0.25) is 14.7 Å². The summed E-state index contributed by atoms with van der Waals surface area (Å²) in [5, 5.41) is 5.76. The molecule has 2 fully saturated rings. The van der Waals surface area contributed by atoms with Crippen molar-refractivity contribution in [1.82, 2.24) is 15.2 Å². The number of morpholine rings is 1. The highest BCUT2D eigenvalue weighted by Gasteiger charge is 2.23. The molecule has 37 heavy (non-hydrogen) atoms. The van der Waals surface area contributed by atoms with Gasteiger partial charge in [0, 0.05) is 49.4 Å². The highest BCUT2D eigenvalue weighted by molar-refractivity contribution is 6.01. The quantitative estimate of drug-likeness (QED) is 0.404. The van der Waals surface area contributed by atoms with E-state index in [0.29, 0.717) is 48.8 Å². The van der Waals surface area contributed by atoms with Gasteiger partial charge in [0.2, 0.25) is 0 Å². The van der Waals surface area contributed by atoms with Crippen molar-refractivity contribution >= 4 is 28.5 Å². The highest BCUT2D eigenvalue weighted by Crippen LogP contribution is 2.34. The summed E-state index contributed by atoms with van der Waals surface area (Å²) >= 11 is 0. The number of rotatable bonds is 9. The van der Waals surface area contributed by atoms with Crippen molar-refractivity contribution in [2.75, 3.05) is 44.8 Å². The number of primary amides is 1. The largest absolute Gasteiger partial charge is 0.491 e. The van der Waals surface area contributed by atoms with E-state index < -0.39 is 17.8 Å². The van der Waals surface area contributed by atoms with Gasteiger partial charge in [-0.25, -0.2) is 9.18 Å². The molecule has 0 spiro atoms. The van der Waals surface area contributed by atoms with Crippen LogP contribution < -0.4 is 25.8 Å². The number of carbonyl (C=O) groups is 2. The molecule has 1 saturated heterocycles. The van der Waals surface area contributed by atoms with Gasteiger partial charge in [-0.1, -0.05) is 0 Å². The Hall–Kier alpha value is -3.96. The van der Waals surface area contributed by atoms with Crippen molar-refractivity contribution in [3.05, 3.63) is 54.0 Å². The fourth-order valence-corrected chi connectivity index (χ4v) is 4.02. The fraction of sp³-hybridized carbons (Fsp3) is 0.346. The smallest absolute Gasteiger partial charge is 0.319 e. The number of hydrogen-bond donors (Lipinski definition) is 3. The molecule has 0 unspecified atom stereocenters. The van der Waals surface area contributed by atoms with Crippen LogP contribution in [0.25, 0.3) is 10.9 Å². The van der Waals surface area contributed by atoms with Crippen LogP contribution in [0.4, 0.5) is 14.9 Å². The first kappa shape index (κ1) is 24.7. The van der Waals surface area contributed by atoms with Crippen LogP contribution in [0.1, 0.15) is 23.2 Å². The van der Waals surface area contributed by atoms with Crippen molar-refractivity contribution in [2.24, 2.45) is 5.73 Å². The minimum Gasteiger partial charge on any atom is -0.491 e. The van der Waals surface area contributed by atoms with E-state index in [1.54, 1.807) is 30.5 Å². The Morgan fingerprint density at radius 2 is 1.95 bits per heavy atom. The lowest BCUT2D eigenvalue weighted by Gasteiger charge is -2.26. The molecule has 4 N–H and O–H groups in total. The van der Waals surface area contributed by atoms with Crippen molar-refractivity contribution in [3.63, 3.8) is 0 Å². The van der Waals surface area contributed by atoms with Gasteiger partial charge in [0.15, 0.2) is 0 Å². The van der Waals surface area contributed by atoms with Crippen LogP contribution in [0.5, 0.6) is 17.2 Å². The molecule has 5 rings (SSSR count). The van der Waals surface area contributed by atoms with Crippen LogP contribution in [-0.4, -0.2) is 67.3 Å². The number of nitrogens with two attached hydrogens (primary N) is 1. The summed E-state index contributed by atoms with van der Waals surface area (Å²) in [6.45, 7) is 4.10. The maximum atomic E-state index is 14.6. The van der Waals surface area contributed by atoms with E-state index in [9.17, 15) is 14.0 Å². The number of ether oxygens (including phenoxy) is 3. The van der Waals surface area contributed by atoms with Gasteiger partial charge < -0.3 is 30.6 Å². The molecule has 1 aliphatic carbocycles. The number of anilines is 1. The molecule has 10 nitrogen and oxygen atoms in total. The van der Waals surface area contributed by atoms with Crippen molar-refractivity contribution < 1.29 is 28.2 Å². The molecule has 2 aliphatic rings. The summed E-state index contributed by atoms with van der Waals surface area (Å²) in [6, 6.07) is 8.68. The van der Waals surface area contributed by atoms with E-state index in [2.05, 4.69) is 20.5 Å². The average Bonchev–Trinajstić information content (AvgIpc) is 3.70. The average molecular weight is 510 g/mol. The number of nitrogens with zero attached hydrogens (tertiary/aromatic N) is 2. The summed E-state index contributed by atoms with van der Waals surface area (Å²) in [6.07, 6.45) is 3.41. The van der Waals surface area contributed by atoms with Gasteiger partial charge in [0.25, 0.3) is 5.91 Å². The normalized spacial score (nSPS) is 15.8. The topological polar surface area (TPSA) is 128 Å². The maximum absolute atomic E-state index is 14.6. The Morgan fingerprint density at radius 1 is 1.14 bits per heavy atom. The summed E-state index contributed by atoms with van der Waals surface area (Å²) in [5.74, 6) is -0.382. The van der Waals surface area contributed by atoms with Crippen molar-refractivity contribution in [3.8, 4) is 17.2 Å². The van der Waals surface area contributed by atoms with Gasteiger partial charge in [0.05, 0.1) is 30.0 Å². The molecular formula is C26H28FN5O5. The third-order valence-electron chi connectivity index (χ3n) is 6.17. The minimum atomic E-state index is -0.649. The molecule has 2 aromatic carbocycles. The number of fused-ring (bicyclic) bond motifs is 1. The molecule has 1 saturated carbocycles. The predicted octanol–water partition coefficient (Wildman–Crippen LogP) is 3.26. The zero-order valence-corrected chi connectivity index (χ0v) is 20.2. The number of nitrogens with one attached hydrogen (secondary N) is 2. The van der Waals surface area contributed by atoms with Crippen LogP contribution in [0.15, 0.2) is 42.6 Å². The van der Waals surface area contributed by atoms with Crippen LogP contribution >= 0.6 is 0 Å². The Morgan fingerprint density at radius 3 is 2.68 bits per heavy atom. The van der Waals surface area contributed by atoms with E-state index in [1.165, 1.54) is 12.1 Å². The molecule has 0 bridgehead atoms. The number of carbonyl (C=O) groups excluding carboxylic acids is 2. The lowest BCUT2D eigenvalue weighted by atomic mass is 10.1. The molecule has 1 aliphatic heterocycles. The Balaban J connectivity index is 1.32. The number of aromatic nitrogens is 1. The van der Waals surface area contributed by atoms with E-state index in [4.69, 9.17) is 19.9 Å². The second-order valence-electron chi connectivity index (χ2n) is 8.96. The summed E-state index contributed by atoms with van der Waals surface area (Å²) in [4.78, 5) is 30.7.